The molecule has 0 amide bonds. The van der Waals surface area contributed by atoms with E-state index in [2.05, 4.69) is 39.1 Å². The average Bonchev–Trinajstić information content (AvgIpc) is 2.84. The van der Waals surface area contributed by atoms with E-state index in [4.69, 9.17) is 4.42 Å². The number of rotatable bonds is 10. The topological polar surface area (TPSA) is 25.2 Å². The van der Waals surface area contributed by atoms with E-state index in [-0.39, 0.29) is 0 Å². The molecule has 1 aromatic heterocycles. The molecule has 0 saturated carbocycles. The van der Waals surface area contributed by atoms with Crippen molar-refractivity contribution in [3.05, 3.63) is 23.7 Å². The van der Waals surface area contributed by atoms with Crippen LogP contribution in [0.5, 0.6) is 0 Å². The Morgan fingerprint density at radius 3 is 2.53 bits per heavy atom. The number of unbranched alkanes of at least 4 members (excludes halogenated alkanes) is 1. The van der Waals surface area contributed by atoms with Crippen molar-refractivity contribution >= 4 is 0 Å². The molecule has 19 heavy (non-hydrogen) atoms. The summed E-state index contributed by atoms with van der Waals surface area (Å²) in [4.78, 5) is 0. The standard InChI is InChI=1S/C17H31NO/c1-5-8-9-15(7-3)13-16(18-11-6-2)17-14(4)10-12-19-17/h10,12,15-16,18H,5-9,11,13H2,1-4H3. The average molecular weight is 265 g/mol. The van der Waals surface area contributed by atoms with Gasteiger partial charge in [0.05, 0.1) is 12.3 Å². The van der Waals surface area contributed by atoms with Crippen molar-refractivity contribution in [2.24, 2.45) is 5.92 Å². The van der Waals surface area contributed by atoms with Crippen LogP contribution in [0.3, 0.4) is 0 Å². The molecule has 0 radical (unpaired) electrons. The zero-order valence-electron chi connectivity index (χ0n) is 13.2. The molecule has 0 bridgehead atoms. The minimum absolute atomic E-state index is 0.386. The van der Waals surface area contributed by atoms with Gasteiger partial charge in [0.15, 0.2) is 0 Å². The molecule has 2 atom stereocenters. The summed E-state index contributed by atoms with van der Waals surface area (Å²) in [6, 6.07) is 2.46. The molecule has 1 heterocycles. The van der Waals surface area contributed by atoms with Gasteiger partial charge in [-0.25, -0.2) is 0 Å². The van der Waals surface area contributed by atoms with Crippen molar-refractivity contribution in [2.75, 3.05) is 6.54 Å². The third kappa shape index (κ3) is 5.40. The summed E-state index contributed by atoms with van der Waals surface area (Å²) in [6.07, 6.45) is 9.44. The van der Waals surface area contributed by atoms with Crippen molar-refractivity contribution in [3.8, 4) is 0 Å². The lowest BCUT2D eigenvalue weighted by Crippen LogP contribution is -2.24. The normalized spacial score (nSPS) is 14.5. The summed E-state index contributed by atoms with van der Waals surface area (Å²) >= 11 is 0. The van der Waals surface area contributed by atoms with Crippen LogP contribution in [0.2, 0.25) is 0 Å². The molecule has 0 aromatic carbocycles. The molecular weight excluding hydrogens is 234 g/mol. The Bertz CT molecular complexity index is 332. The monoisotopic (exact) mass is 265 g/mol. The van der Waals surface area contributed by atoms with Crippen molar-refractivity contribution in [3.63, 3.8) is 0 Å². The Balaban J connectivity index is 2.65. The first kappa shape index (κ1) is 16.3. The van der Waals surface area contributed by atoms with Gasteiger partial charge in [0, 0.05) is 0 Å². The molecule has 110 valence electrons. The van der Waals surface area contributed by atoms with Gasteiger partial charge in [-0.2, -0.15) is 0 Å². The molecule has 0 saturated heterocycles. The molecular formula is C17H31NO. The third-order valence-corrected chi connectivity index (χ3v) is 3.97. The number of nitrogens with one attached hydrogen (secondary N) is 1. The van der Waals surface area contributed by atoms with Gasteiger partial charge in [0.25, 0.3) is 0 Å². The van der Waals surface area contributed by atoms with Gasteiger partial charge in [-0.1, -0.05) is 46.5 Å². The molecule has 1 rings (SSSR count). The Morgan fingerprint density at radius 2 is 2.00 bits per heavy atom. The van der Waals surface area contributed by atoms with E-state index in [0.29, 0.717) is 6.04 Å². The molecule has 0 fully saturated rings. The van der Waals surface area contributed by atoms with Crippen LogP contribution in [-0.4, -0.2) is 6.54 Å². The lowest BCUT2D eigenvalue weighted by molar-refractivity contribution is 0.317. The number of hydrogen-bond acceptors (Lipinski definition) is 2. The van der Waals surface area contributed by atoms with Crippen LogP contribution < -0.4 is 5.32 Å². The molecule has 2 unspecified atom stereocenters. The molecule has 2 nitrogen and oxygen atoms in total. The van der Waals surface area contributed by atoms with Gasteiger partial charge < -0.3 is 9.73 Å². The van der Waals surface area contributed by atoms with Crippen LogP contribution in [0, 0.1) is 12.8 Å². The van der Waals surface area contributed by atoms with E-state index in [1.165, 1.54) is 44.1 Å². The smallest absolute Gasteiger partial charge is 0.123 e. The Labute approximate surface area is 119 Å². The summed E-state index contributed by atoms with van der Waals surface area (Å²) in [5.74, 6) is 1.95. The van der Waals surface area contributed by atoms with E-state index >= 15 is 0 Å². The summed E-state index contributed by atoms with van der Waals surface area (Å²) in [7, 11) is 0. The second-order valence-corrected chi connectivity index (χ2v) is 5.63. The highest BCUT2D eigenvalue weighted by Gasteiger charge is 2.20. The van der Waals surface area contributed by atoms with E-state index in [1.54, 1.807) is 0 Å². The Morgan fingerprint density at radius 1 is 1.21 bits per heavy atom. The summed E-state index contributed by atoms with van der Waals surface area (Å²) in [5.41, 5.74) is 1.28. The van der Waals surface area contributed by atoms with Crippen LogP contribution in [0.4, 0.5) is 0 Å². The first-order valence-corrected chi connectivity index (χ1v) is 8.00. The Kier molecular flexibility index (Phi) is 7.88. The minimum Gasteiger partial charge on any atom is -0.467 e. The van der Waals surface area contributed by atoms with Gasteiger partial charge in [0.2, 0.25) is 0 Å². The van der Waals surface area contributed by atoms with Crippen LogP contribution in [-0.2, 0) is 0 Å². The maximum atomic E-state index is 5.71. The van der Waals surface area contributed by atoms with Crippen LogP contribution >= 0.6 is 0 Å². The van der Waals surface area contributed by atoms with Gasteiger partial charge in [0.1, 0.15) is 5.76 Å². The lowest BCUT2D eigenvalue weighted by Gasteiger charge is -2.23. The minimum atomic E-state index is 0.386. The highest BCUT2D eigenvalue weighted by Crippen LogP contribution is 2.29. The fraction of sp³-hybridized carbons (Fsp3) is 0.765. The quantitative estimate of drug-likeness (QED) is 0.626. The number of hydrogen-bond donors (Lipinski definition) is 1. The second kappa shape index (κ2) is 9.19. The van der Waals surface area contributed by atoms with Crippen LogP contribution in [0.25, 0.3) is 0 Å². The SMILES string of the molecule is CCCCC(CC)CC(NCCC)c1occc1C. The fourth-order valence-electron chi connectivity index (χ4n) is 2.66. The maximum absolute atomic E-state index is 5.71. The van der Waals surface area contributed by atoms with E-state index in [9.17, 15) is 0 Å². The van der Waals surface area contributed by atoms with Gasteiger partial charge in [-0.15, -0.1) is 0 Å². The first-order valence-electron chi connectivity index (χ1n) is 8.00. The van der Waals surface area contributed by atoms with E-state index < -0.39 is 0 Å². The molecule has 0 spiro atoms. The molecule has 1 aromatic rings. The number of aryl methyl sites for hydroxylation is 1. The zero-order valence-corrected chi connectivity index (χ0v) is 13.2. The Hall–Kier alpha value is -0.760. The zero-order chi connectivity index (χ0) is 14.1. The third-order valence-electron chi connectivity index (χ3n) is 3.97. The van der Waals surface area contributed by atoms with Gasteiger partial charge >= 0.3 is 0 Å². The molecule has 0 aliphatic carbocycles. The van der Waals surface area contributed by atoms with Gasteiger partial charge in [-0.3, -0.25) is 0 Å². The van der Waals surface area contributed by atoms with Crippen molar-refractivity contribution < 1.29 is 4.42 Å². The molecule has 2 heteroatoms. The van der Waals surface area contributed by atoms with Crippen molar-refractivity contribution in [1.29, 1.82) is 0 Å². The van der Waals surface area contributed by atoms with Crippen molar-refractivity contribution in [2.45, 2.75) is 72.3 Å². The summed E-state index contributed by atoms with van der Waals surface area (Å²) < 4.78 is 5.71. The number of furan rings is 1. The molecule has 0 aliphatic rings. The molecule has 0 aliphatic heterocycles. The summed E-state index contributed by atoms with van der Waals surface area (Å²) in [5, 5.41) is 3.66. The fourth-order valence-corrected chi connectivity index (χ4v) is 2.66. The van der Waals surface area contributed by atoms with Crippen LogP contribution in [0.1, 0.15) is 76.7 Å². The second-order valence-electron chi connectivity index (χ2n) is 5.63. The highest BCUT2D eigenvalue weighted by molar-refractivity contribution is 5.18. The lowest BCUT2D eigenvalue weighted by atomic mass is 9.90. The summed E-state index contributed by atoms with van der Waals surface area (Å²) in [6.45, 7) is 10.0. The largest absolute Gasteiger partial charge is 0.467 e. The maximum Gasteiger partial charge on any atom is 0.123 e. The molecule has 1 N–H and O–H groups in total. The predicted molar refractivity (Wildman–Crippen MR) is 82.4 cm³/mol. The first-order chi connectivity index (χ1) is 9.22. The predicted octanol–water partition coefficient (Wildman–Crippen LogP) is 5.24. The van der Waals surface area contributed by atoms with Crippen molar-refractivity contribution in [1.82, 2.24) is 5.32 Å². The van der Waals surface area contributed by atoms with Gasteiger partial charge in [-0.05, 0) is 43.9 Å². The highest BCUT2D eigenvalue weighted by atomic mass is 16.3. The van der Waals surface area contributed by atoms with Crippen LogP contribution in [0.15, 0.2) is 16.7 Å². The van der Waals surface area contributed by atoms with E-state index in [1.807, 2.05) is 6.26 Å². The van der Waals surface area contributed by atoms with E-state index in [0.717, 1.165) is 18.2 Å².